The Hall–Kier alpha value is -0.570. The van der Waals surface area contributed by atoms with Gasteiger partial charge in [-0.1, -0.05) is 13.8 Å². The third-order valence-electron chi connectivity index (χ3n) is 1.37. The molecule has 1 atom stereocenters. The molecule has 0 aliphatic rings. The van der Waals surface area contributed by atoms with Crippen LogP contribution >= 0.6 is 0 Å². The summed E-state index contributed by atoms with van der Waals surface area (Å²) >= 11 is 0. The van der Waals surface area contributed by atoms with Crippen LogP contribution in [0.25, 0.3) is 0 Å². The minimum atomic E-state index is -0.361. The number of amides is 1. The molecule has 0 aliphatic heterocycles. The highest BCUT2D eigenvalue weighted by molar-refractivity contribution is 5.81. The molecule has 10 heavy (non-hydrogen) atoms. The summed E-state index contributed by atoms with van der Waals surface area (Å²) < 4.78 is 0. The minimum absolute atomic E-state index is 0.0579. The highest BCUT2D eigenvalue weighted by Crippen LogP contribution is 1.96. The van der Waals surface area contributed by atoms with Crippen LogP contribution in [0.4, 0.5) is 0 Å². The lowest BCUT2D eigenvalue weighted by Gasteiger charge is -2.13. The van der Waals surface area contributed by atoms with Gasteiger partial charge in [-0.15, -0.1) is 0 Å². The van der Waals surface area contributed by atoms with Gasteiger partial charge in [-0.2, -0.15) is 0 Å². The molecule has 60 valence electrons. The largest absolute Gasteiger partial charge is 0.355 e. The second kappa shape index (κ2) is 4.28. The normalized spacial score (nSPS) is 13.3. The molecule has 0 heterocycles. The second-order valence-electron chi connectivity index (χ2n) is 2.66. The van der Waals surface area contributed by atoms with E-state index in [-0.39, 0.29) is 17.9 Å². The first-order valence-electron chi connectivity index (χ1n) is 3.62. The molecule has 0 spiro atoms. The van der Waals surface area contributed by atoms with Gasteiger partial charge in [0.25, 0.3) is 0 Å². The van der Waals surface area contributed by atoms with Gasteiger partial charge in [0.1, 0.15) is 0 Å². The summed E-state index contributed by atoms with van der Waals surface area (Å²) in [5.41, 5.74) is 5.53. The SMILES string of the molecule is CCNC(=O)[C@@H](N)C(C)C. The highest BCUT2D eigenvalue weighted by Gasteiger charge is 2.15. The Labute approximate surface area is 62.0 Å². The van der Waals surface area contributed by atoms with Crippen molar-refractivity contribution in [3.8, 4) is 0 Å². The van der Waals surface area contributed by atoms with Crippen LogP contribution in [0.15, 0.2) is 0 Å². The molecule has 0 aromatic rings. The predicted molar refractivity (Wildman–Crippen MR) is 41.5 cm³/mol. The first-order valence-corrected chi connectivity index (χ1v) is 3.62. The molecule has 3 nitrogen and oxygen atoms in total. The summed E-state index contributed by atoms with van der Waals surface area (Å²) in [6.07, 6.45) is 0. The van der Waals surface area contributed by atoms with E-state index in [0.29, 0.717) is 6.54 Å². The van der Waals surface area contributed by atoms with Crippen molar-refractivity contribution in [2.75, 3.05) is 6.54 Å². The van der Waals surface area contributed by atoms with Gasteiger partial charge in [-0.25, -0.2) is 0 Å². The molecule has 3 N–H and O–H groups in total. The van der Waals surface area contributed by atoms with Crippen LogP contribution in [0.3, 0.4) is 0 Å². The number of rotatable bonds is 3. The lowest BCUT2D eigenvalue weighted by molar-refractivity contribution is -0.123. The van der Waals surface area contributed by atoms with E-state index < -0.39 is 0 Å². The van der Waals surface area contributed by atoms with E-state index in [9.17, 15) is 4.79 Å². The van der Waals surface area contributed by atoms with Crippen molar-refractivity contribution in [2.24, 2.45) is 11.7 Å². The molecule has 0 unspecified atom stereocenters. The minimum Gasteiger partial charge on any atom is -0.355 e. The number of nitrogens with one attached hydrogen (secondary N) is 1. The third kappa shape index (κ3) is 2.82. The summed E-state index contributed by atoms with van der Waals surface area (Å²) in [7, 11) is 0. The number of likely N-dealkylation sites (N-methyl/N-ethyl adjacent to an activating group) is 1. The molecular formula is C7H16N2O. The molecule has 0 radical (unpaired) electrons. The zero-order chi connectivity index (χ0) is 8.15. The van der Waals surface area contributed by atoms with Gasteiger partial charge >= 0.3 is 0 Å². The zero-order valence-electron chi connectivity index (χ0n) is 6.85. The van der Waals surface area contributed by atoms with E-state index in [1.165, 1.54) is 0 Å². The molecule has 0 aliphatic carbocycles. The third-order valence-corrected chi connectivity index (χ3v) is 1.37. The number of hydrogen-bond acceptors (Lipinski definition) is 2. The fourth-order valence-corrected chi connectivity index (χ4v) is 0.595. The monoisotopic (exact) mass is 144 g/mol. The van der Waals surface area contributed by atoms with Crippen LogP contribution in [0.5, 0.6) is 0 Å². The van der Waals surface area contributed by atoms with Crippen molar-refractivity contribution in [3.63, 3.8) is 0 Å². The maximum absolute atomic E-state index is 10.9. The van der Waals surface area contributed by atoms with E-state index in [1.54, 1.807) is 0 Å². The summed E-state index contributed by atoms with van der Waals surface area (Å²) in [6, 6.07) is -0.361. The van der Waals surface area contributed by atoms with Crippen molar-refractivity contribution in [3.05, 3.63) is 0 Å². The van der Waals surface area contributed by atoms with Gasteiger partial charge < -0.3 is 11.1 Å². The van der Waals surface area contributed by atoms with Crippen molar-refractivity contribution >= 4 is 5.91 Å². The van der Waals surface area contributed by atoms with Crippen LogP contribution in [0.1, 0.15) is 20.8 Å². The fraction of sp³-hybridized carbons (Fsp3) is 0.857. The number of hydrogen-bond donors (Lipinski definition) is 2. The highest BCUT2D eigenvalue weighted by atomic mass is 16.2. The molecule has 0 bridgehead atoms. The molecule has 1 amide bonds. The summed E-state index contributed by atoms with van der Waals surface area (Å²) in [5.74, 6) is 0.157. The Morgan fingerprint density at radius 3 is 2.40 bits per heavy atom. The van der Waals surface area contributed by atoms with E-state index in [4.69, 9.17) is 5.73 Å². The molecule has 0 saturated heterocycles. The van der Waals surface area contributed by atoms with Gasteiger partial charge in [-0.05, 0) is 12.8 Å². The maximum atomic E-state index is 10.9. The standard InChI is InChI=1S/C7H16N2O/c1-4-9-7(10)6(8)5(2)3/h5-6H,4,8H2,1-3H3,(H,9,10)/t6-/m0/s1. The van der Waals surface area contributed by atoms with E-state index in [2.05, 4.69) is 5.32 Å². The molecule has 0 saturated carbocycles. The molecule has 0 aromatic carbocycles. The van der Waals surface area contributed by atoms with E-state index >= 15 is 0 Å². The average Bonchev–Trinajstić information content (AvgIpc) is 1.87. The first-order chi connectivity index (χ1) is 4.59. The smallest absolute Gasteiger partial charge is 0.237 e. The molecule has 0 fully saturated rings. The van der Waals surface area contributed by atoms with Crippen LogP contribution in [0.2, 0.25) is 0 Å². The van der Waals surface area contributed by atoms with Crippen molar-refractivity contribution < 1.29 is 4.79 Å². The lowest BCUT2D eigenvalue weighted by atomic mass is 10.1. The second-order valence-corrected chi connectivity index (χ2v) is 2.66. The zero-order valence-corrected chi connectivity index (χ0v) is 6.85. The van der Waals surface area contributed by atoms with Gasteiger partial charge in [-0.3, -0.25) is 4.79 Å². The van der Waals surface area contributed by atoms with Gasteiger partial charge in [0.15, 0.2) is 0 Å². The average molecular weight is 144 g/mol. The first kappa shape index (κ1) is 9.43. The van der Waals surface area contributed by atoms with Gasteiger partial charge in [0.2, 0.25) is 5.91 Å². The van der Waals surface area contributed by atoms with Crippen LogP contribution in [-0.4, -0.2) is 18.5 Å². The number of carbonyl (C=O) groups is 1. The molecule has 0 aromatic heterocycles. The Kier molecular flexibility index (Phi) is 4.03. The molecule has 0 rings (SSSR count). The van der Waals surface area contributed by atoms with E-state index in [1.807, 2.05) is 20.8 Å². The van der Waals surface area contributed by atoms with Crippen LogP contribution in [0, 0.1) is 5.92 Å². The summed E-state index contributed by atoms with van der Waals surface area (Å²) in [5, 5.41) is 2.66. The predicted octanol–water partition coefficient (Wildman–Crippen LogP) is 0.106. The Bertz CT molecular complexity index is 112. The Balaban J connectivity index is 3.71. The fourth-order valence-electron chi connectivity index (χ4n) is 0.595. The maximum Gasteiger partial charge on any atom is 0.237 e. The quantitative estimate of drug-likeness (QED) is 0.590. The van der Waals surface area contributed by atoms with E-state index in [0.717, 1.165) is 0 Å². The van der Waals surface area contributed by atoms with Crippen molar-refractivity contribution in [1.82, 2.24) is 5.32 Å². The van der Waals surface area contributed by atoms with Crippen molar-refractivity contribution in [1.29, 1.82) is 0 Å². The van der Waals surface area contributed by atoms with Crippen LogP contribution < -0.4 is 11.1 Å². The molecule has 3 heteroatoms. The molecular weight excluding hydrogens is 128 g/mol. The van der Waals surface area contributed by atoms with Gasteiger partial charge in [0.05, 0.1) is 6.04 Å². The lowest BCUT2D eigenvalue weighted by Crippen LogP contribution is -2.43. The number of carbonyl (C=O) groups excluding carboxylic acids is 1. The van der Waals surface area contributed by atoms with Gasteiger partial charge in [0, 0.05) is 6.54 Å². The summed E-state index contributed by atoms with van der Waals surface area (Å²) in [6.45, 7) is 6.39. The summed E-state index contributed by atoms with van der Waals surface area (Å²) in [4.78, 5) is 10.9. The van der Waals surface area contributed by atoms with Crippen molar-refractivity contribution in [2.45, 2.75) is 26.8 Å². The Morgan fingerprint density at radius 2 is 2.10 bits per heavy atom. The van der Waals surface area contributed by atoms with Crippen LogP contribution in [-0.2, 0) is 4.79 Å². The topological polar surface area (TPSA) is 55.1 Å². The Morgan fingerprint density at radius 1 is 1.60 bits per heavy atom. The number of nitrogens with two attached hydrogens (primary N) is 1.